The summed E-state index contributed by atoms with van der Waals surface area (Å²) in [5.41, 5.74) is 0. The number of nitrogens with one attached hydrogen (secondary N) is 1. The van der Waals surface area contributed by atoms with E-state index in [9.17, 15) is 4.79 Å². The Hall–Kier alpha value is -0.650. The van der Waals surface area contributed by atoms with Crippen LogP contribution in [0.1, 0.15) is 40.0 Å². The van der Waals surface area contributed by atoms with E-state index in [0.717, 1.165) is 19.5 Å². The van der Waals surface area contributed by atoms with E-state index in [1.807, 2.05) is 20.8 Å². The quantitative estimate of drug-likeness (QED) is 0.655. The smallest absolute Gasteiger partial charge is 0.219 e. The van der Waals surface area contributed by atoms with Gasteiger partial charge in [0.1, 0.15) is 0 Å². The van der Waals surface area contributed by atoms with Gasteiger partial charge in [0.15, 0.2) is 0 Å². The molecule has 0 radical (unpaired) electrons. The topological polar surface area (TPSA) is 38.8 Å². The number of hydrogen-bond donors (Lipinski definition) is 1. The van der Waals surface area contributed by atoms with Crippen molar-refractivity contribution in [3.05, 3.63) is 0 Å². The maximum atomic E-state index is 11.1. The van der Waals surface area contributed by atoms with Crippen molar-refractivity contribution in [2.24, 2.45) is 0 Å². The maximum absolute atomic E-state index is 11.1. The van der Waals surface area contributed by atoms with Gasteiger partial charge in [-0.15, -0.1) is 0 Å². The van der Waals surface area contributed by atoms with E-state index in [0.29, 0.717) is 6.42 Å². The van der Waals surface area contributed by atoms with Gasteiger partial charge in [0, 0.05) is 39.1 Å². The van der Waals surface area contributed by atoms with Crippen molar-refractivity contribution in [1.82, 2.24) is 20.0 Å². The number of carbonyl (C=O) groups is 1. The van der Waals surface area contributed by atoms with E-state index in [1.54, 1.807) is 0 Å². The Morgan fingerprint density at radius 3 is 1.95 bits per heavy atom. The molecule has 0 saturated carbocycles. The summed E-state index contributed by atoms with van der Waals surface area (Å²) in [4.78, 5) is 18.5. The molecule has 1 aliphatic rings. The van der Waals surface area contributed by atoms with E-state index < -0.39 is 0 Å². The second kappa shape index (κ2) is 14.0. The van der Waals surface area contributed by atoms with Crippen LogP contribution >= 0.6 is 0 Å². The average molecular weight is 315 g/mol. The standard InChI is InChI=1S/C15H32N4O.C2H6/c1-4-15(20)16-7-5-9-18-11-13-19(14-12-18)10-6-8-17(2)3;1-2/h4-14H2,1-3H3,(H,16,20);1-2H3. The highest BCUT2D eigenvalue weighted by Gasteiger charge is 2.15. The molecule has 0 aliphatic carbocycles. The number of piperazine rings is 1. The van der Waals surface area contributed by atoms with Gasteiger partial charge in [0.2, 0.25) is 5.91 Å². The van der Waals surface area contributed by atoms with Gasteiger partial charge in [-0.1, -0.05) is 20.8 Å². The largest absolute Gasteiger partial charge is 0.356 e. The average Bonchev–Trinajstić information content (AvgIpc) is 2.54. The van der Waals surface area contributed by atoms with E-state index in [-0.39, 0.29) is 5.91 Å². The van der Waals surface area contributed by atoms with Crippen molar-refractivity contribution in [3.8, 4) is 0 Å². The molecule has 0 aromatic heterocycles. The molecule has 0 unspecified atom stereocenters. The third-order valence-electron chi connectivity index (χ3n) is 3.84. The second-order valence-electron chi connectivity index (χ2n) is 5.90. The van der Waals surface area contributed by atoms with Crippen LogP contribution in [0.3, 0.4) is 0 Å². The number of rotatable bonds is 9. The lowest BCUT2D eigenvalue weighted by Crippen LogP contribution is -2.47. The predicted molar refractivity (Wildman–Crippen MR) is 95.3 cm³/mol. The van der Waals surface area contributed by atoms with Crippen LogP contribution in [0.15, 0.2) is 0 Å². The van der Waals surface area contributed by atoms with Crippen molar-refractivity contribution in [3.63, 3.8) is 0 Å². The zero-order chi connectivity index (χ0) is 16.8. The van der Waals surface area contributed by atoms with Crippen LogP contribution < -0.4 is 5.32 Å². The Balaban J connectivity index is 0.00000211. The first-order valence-corrected chi connectivity index (χ1v) is 8.98. The van der Waals surface area contributed by atoms with Gasteiger partial charge < -0.3 is 20.0 Å². The third-order valence-corrected chi connectivity index (χ3v) is 3.84. The molecule has 1 heterocycles. The maximum Gasteiger partial charge on any atom is 0.219 e. The van der Waals surface area contributed by atoms with Crippen LogP contribution in [0.5, 0.6) is 0 Å². The minimum absolute atomic E-state index is 0.163. The summed E-state index contributed by atoms with van der Waals surface area (Å²) in [6.45, 7) is 14.9. The number of amides is 1. The summed E-state index contributed by atoms with van der Waals surface area (Å²) in [6.07, 6.45) is 2.91. The fourth-order valence-corrected chi connectivity index (χ4v) is 2.50. The van der Waals surface area contributed by atoms with Crippen LogP contribution in [-0.4, -0.2) is 87.1 Å². The summed E-state index contributed by atoms with van der Waals surface area (Å²) >= 11 is 0. The molecule has 1 aliphatic heterocycles. The number of carbonyl (C=O) groups excluding carboxylic acids is 1. The first-order chi connectivity index (χ1) is 10.6. The van der Waals surface area contributed by atoms with Gasteiger partial charge in [0.25, 0.3) is 0 Å². The lowest BCUT2D eigenvalue weighted by molar-refractivity contribution is -0.120. The first kappa shape index (κ1) is 21.4. The minimum Gasteiger partial charge on any atom is -0.356 e. The van der Waals surface area contributed by atoms with Gasteiger partial charge in [-0.3, -0.25) is 4.79 Å². The SMILES string of the molecule is CC.CCC(=O)NCCCN1CCN(CCCN(C)C)CC1. The van der Waals surface area contributed by atoms with E-state index in [2.05, 4.69) is 34.1 Å². The van der Waals surface area contributed by atoms with E-state index in [1.165, 1.54) is 45.7 Å². The normalized spacial score (nSPS) is 16.3. The minimum atomic E-state index is 0.163. The van der Waals surface area contributed by atoms with Crippen molar-refractivity contribution >= 4 is 5.91 Å². The molecular weight excluding hydrogens is 276 g/mol. The third kappa shape index (κ3) is 11.0. The van der Waals surface area contributed by atoms with Crippen molar-refractivity contribution in [2.75, 3.05) is 66.5 Å². The Morgan fingerprint density at radius 1 is 1.00 bits per heavy atom. The zero-order valence-corrected chi connectivity index (χ0v) is 15.5. The molecule has 0 aromatic rings. The van der Waals surface area contributed by atoms with E-state index in [4.69, 9.17) is 0 Å². The Labute approximate surface area is 138 Å². The van der Waals surface area contributed by atoms with Crippen molar-refractivity contribution in [1.29, 1.82) is 0 Å². The molecule has 132 valence electrons. The van der Waals surface area contributed by atoms with Crippen LogP contribution in [0.4, 0.5) is 0 Å². The highest BCUT2D eigenvalue weighted by Crippen LogP contribution is 2.03. The molecule has 1 rings (SSSR count). The summed E-state index contributed by atoms with van der Waals surface area (Å²) < 4.78 is 0. The molecule has 0 atom stereocenters. The lowest BCUT2D eigenvalue weighted by atomic mass is 10.2. The molecular formula is C17H38N4O. The molecule has 5 heteroatoms. The van der Waals surface area contributed by atoms with Crippen LogP contribution in [-0.2, 0) is 4.79 Å². The fraction of sp³-hybridized carbons (Fsp3) is 0.941. The summed E-state index contributed by atoms with van der Waals surface area (Å²) in [6, 6.07) is 0. The Morgan fingerprint density at radius 2 is 1.50 bits per heavy atom. The highest BCUT2D eigenvalue weighted by molar-refractivity contribution is 5.75. The second-order valence-corrected chi connectivity index (χ2v) is 5.90. The van der Waals surface area contributed by atoms with Crippen molar-refractivity contribution in [2.45, 2.75) is 40.0 Å². The van der Waals surface area contributed by atoms with Crippen LogP contribution in [0.25, 0.3) is 0 Å². The lowest BCUT2D eigenvalue weighted by Gasteiger charge is -2.34. The molecule has 1 saturated heterocycles. The molecule has 22 heavy (non-hydrogen) atoms. The highest BCUT2D eigenvalue weighted by atomic mass is 16.1. The van der Waals surface area contributed by atoms with Crippen LogP contribution in [0.2, 0.25) is 0 Å². The van der Waals surface area contributed by atoms with Gasteiger partial charge in [-0.2, -0.15) is 0 Å². The molecule has 0 bridgehead atoms. The Bertz CT molecular complexity index is 263. The molecule has 0 spiro atoms. The molecule has 1 fully saturated rings. The molecule has 1 N–H and O–H groups in total. The van der Waals surface area contributed by atoms with Gasteiger partial charge >= 0.3 is 0 Å². The molecule has 1 amide bonds. The Kier molecular flexibility index (Phi) is 13.6. The predicted octanol–water partition coefficient (Wildman–Crippen LogP) is 1.50. The van der Waals surface area contributed by atoms with Gasteiger partial charge in [-0.25, -0.2) is 0 Å². The summed E-state index contributed by atoms with van der Waals surface area (Å²) in [5.74, 6) is 0.163. The van der Waals surface area contributed by atoms with E-state index >= 15 is 0 Å². The van der Waals surface area contributed by atoms with Gasteiger partial charge in [-0.05, 0) is 46.6 Å². The summed E-state index contributed by atoms with van der Waals surface area (Å²) in [7, 11) is 4.27. The monoisotopic (exact) mass is 314 g/mol. The van der Waals surface area contributed by atoms with Crippen LogP contribution in [0, 0.1) is 0 Å². The number of nitrogens with zero attached hydrogens (tertiary/aromatic N) is 3. The molecule has 0 aromatic carbocycles. The fourth-order valence-electron chi connectivity index (χ4n) is 2.50. The summed E-state index contributed by atoms with van der Waals surface area (Å²) in [5, 5.41) is 2.94. The van der Waals surface area contributed by atoms with Gasteiger partial charge in [0.05, 0.1) is 0 Å². The molecule has 5 nitrogen and oxygen atoms in total. The first-order valence-electron chi connectivity index (χ1n) is 8.98. The number of hydrogen-bond acceptors (Lipinski definition) is 4. The zero-order valence-electron chi connectivity index (χ0n) is 15.5. The van der Waals surface area contributed by atoms with Crippen molar-refractivity contribution < 1.29 is 4.79 Å².